The van der Waals surface area contributed by atoms with E-state index in [2.05, 4.69) is 15.3 Å². The molecule has 0 saturated heterocycles. The fourth-order valence-electron chi connectivity index (χ4n) is 1.31. The van der Waals surface area contributed by atoms with E-state index < -0.39 is 10.8 Å². The highest BCUT2D eigenvalue weighted by Crippen LogP contribution is 2.20. The van der Waals surface area contributed by atoms with Gasteiger partial charge in [0, 0.05) is 28.1 Å². The van der Waals surface area contributed by atoms with Gasteiger partial charge < -0.3 is 4.98 Å². The molecule has 0 spiro atoms. The second kappa shape index (κ2) is 5.12. The lowest BCUT2D eigenvalue weighted by atomic mass is 10.2. The van der Waals surface area contributed by atoms with Gasteiger partial charge in [-0.25, -0.2) is 4.98 Å². The first-order valence-corrected chi connectivity index (χ1v) is 5.90. The highest BCUT2D eigenvalue weighted by atomic mass is 127. The van der Waals surface area contributed by atoms with E-state index in [4.69, 9.17) is 0 Å². The molecule has 1 aromatic carbocycles. The average molecular weight is 358 g/mol. The molecule has 0 aliphatic heterocycles. The Kier molecular flexibility index (Phi) is 3.55. The molecule has 2 rings (SSSR count). The summed E-state index contributed by atoms with van der Waals surface area (Å²) in [5.74, 6) is -0.152. The largest absolute Gasteiger partial charge is 0.331 e. The van der Waals surface area contributed by atoms with E-state index in [1.807, 2.05) is 22.6 Å². The Balaban J connectivity index is 2.29. The van der Waals surface area contributed by atoms with Gasteiger partial charge in [0.1, 0.15) is 0 Å². The van der Waals surface area contributed by atoms with Crippen LogP contribution in [0.25, 0.3) is 0 Å². The number of hydrogen-bond donors (Lipinski definition) is 2. The number of imidazole rings is 1. The number of carbonyl (C=O) groups is 1. The minimum atomic E-state index is -0.542. The Bertz CT molecular complexity index is 597. The Morgan fingerprint density at radius 1 is 1.50 bits per heavy atom. The maximum Gasteiger partial charge on any atom is 0.270 e. The number of benzene rings is 1. The van der Waals surface area contributed by atoms with Crippen LogP contribution in [0.3, 0.4) is 0 Å². The number of nitrogens with one attached hydrogen (secondary N) is 2. The van der Waals surface area contributed by atoms with Gasteiger partial charge in [0.15, 0.2) is 0 Å². The number of amides is 1. The highest BCUT2D eigenvalue weighted by molar-refractivity contribution is 14.1. The van der Waals surface area contributed by atoms with Crippen molar-refractivity contribution in [2.45, 2.75) is 0 Å². The van der Waals surface area contributed by atoms with Crippen LogP contribution in [0.1, 0.15) is 10.4 Å². The summed E-state index contributed by atoms with van der Waals surface area (Å²) in [6, 6.07) is 4.11. The van der Waals surface area contributed by atoms with Crippen molar-refractivity contribution in [3.8, 4) is 0 Å². The van der Waals surface area contributed by atoms with Gasteiger partial charge in [-0.3, -0.25) is 20.2 Å². The molecule has 0 atom stereocenters. The number of non-ortho nitro benzene ring substituents is 1. The van der Waals surface area contributed by atoms with Crippen molar-refractivity contribution >= 4 is 40.1 Å². The molecule has 2 N–H and O–H groups in total. The van der Waals surface area contributed by atoms with E-state index in [9.17, 15) is 14.9 Å². The molecule has 18 heavy (non-hydrogen) atoms. The Morgan fingerprint density at radius 3 is 2.89 bits per heavy atom. The van der Waals surface area contributed by atoms with E-state index in [0.29, 0.717) is 9.52 Å². The number of nitro groups is 1. The predicted molar refractivity (Wildman–Crippen MR) is 72.4 cm³/mol. The molecule has 0 aliphatic carbocycles. The van der Waals surface area contributed by atoms with Crippen LogP contribution in [0.4, 0.5) is 11.6 Å². The van der Waals surface area contributed by atoms with Gasteiger partial charge in [0.05, 0.1) is 10.5 Å². The van der Waals surface area contributed by atoms with Gasteiger partial charge in [-0.2, -0.15) is 0 Å². The van der Waals surface area contributed by atoms with Crippen molar-refractivity contribution in [2.75, 3.05) is 5.32 Å². The molecule has 0 aliphatic rings. The molecular formula is C10H7IN4O3. The predicted octanol–water partition coefficient (Wildman–Crippen LogP) is 2.17. The summed E-state index contributed by atoms with van der Waals surface area (Å²) in [6.07, 6.45) is 3.06. The Hall–Kier alpha value is -1.97. The number of aromatic amines is 1. The molecule has 7 nitrogen and oxygen atoms in total. The van der Waals surface area contributed by atoms with Crippen LogP contribution in [0.2, 0.25) is 0 Å². The summed E-state index contributed by atoms with van der Waals surface area (Å²) in [7, 11) is 0. The first-order chi connectivity index (χ1) is 8.58. The molecule has 0 fully saturated rings. The zero-order valence-electron chi connectivity index (χ0n) is 8.88. The third kappa shape index (κ3) is 2.64. The number of anilines is 1. The van der Waals surface area contributed by atoms with E-state index in [-0.39, 0.29) is 11.3 Å². The van der Waals surface area contributed by atoms with Crippen LogP contribution in [-0.4, -0.2) is 20.8 Å². The van der Waals surface area contributed by atoms with Crippen LogP contribution < -0.4 is 5.32 Å². The fourth-order valence-corrected chi connectivity index (χ4v) is 1.89. The molecule has 0 radical (unpaired) electrons. The number of hydrogen-bond acceptors (Lipinski definition) is 4. The summed E-state index contributed by atoms with van der Waals surface area (Å²) in [5, 5.41) is 13.2. The molecule has 2 aromatic rings. The molecule has 8 heteroatoms. The van der Waals surface area contributed by atoms with Crippen molar-refractivity contribution in [1.29, 1.82) is 0 Å². The maximum atomic E-state index is 11.9. The van der Waals surface area contributed by atoms with E-state index in [0.717, 1.165) is 0 Å². The number of nitro benzene ring substituents is 1. The fraction of sp³-hybridized carbons (Fsp3) is 0. The van der Waals surface area contributed by atoms with E-state index in [1.165, 1.54) is 24.4 Å². The summed E-state index contributed by atoms with van der Waals surface area (Å²) in [6.45, 7) is 0. The number of halogens is 1. The molecular weight excluding hydrogens is 351 g/mol. The lowest BCUT2D eigenvalue weighted by Gasteiger charge is -2.04. The lowest BCUT2D eigenvalue weighted by Crippen LogP contribution is -2.14. The third-order valence-corrected chi connectivity index (χ3v) is 3.08. The Labute approximate surface area is 115 Å². The molecule has 1 aromatic heterocycles. The third-order valence-electron chi connectivity index (χ3n) is 2.14. The number of H-pyrrole nitrogens is 1. The van der Waals surface area contributed by atoms with Crippen molar-refractivity contribution in [3.05, 3.63) is 49.8 Å². The van der Waals surface area contributed by atoms with Gasteiger partial charge in [0.2, 0.25) is 5.95 Å². The summed E-state index contributed by atoms with van der Waals surface area (Å²) in [4.78, 5) is 28.6. The zero-order valence-corrected chi connectivity index (χ0v) is 11.0. The molecule has 1 heterocycles. The van der Waals surface area contributed by atoms with Crippen LogP contribution >= 0.6 is 22.6 Å². The molecule has 0 saturated carbocycles. The monoisotopic (exact) mass is 358 g/mol. The van der Waals surface area contributed by atoms with Crippen molar-refractivity contribution < 1.29 is 9.72 Å². The quantitative estimate of drug-likeness (QED) is 0.499. The lowest BCUT2D eigenvalue weighted by molar-refractivity contribution is -0.384. The molecule has 0 unspecified atom stereocenters. The van der Waals surface area contributed by atoms with Crippen LogP contribution in [0.15, 0.2) is 30.6 Å². The minimum absolute atomic E-state index is 0.125. The number of carbonyl (C=O) groups excluding carboxylic acids is 1. The standard InChI is InChI=1S/C10H7IN4O3/c11-8-2-1-6(15(17)18)5-7(8)9(16)14-10-12-3-4-13-10/h1-5H,(H2,12,13,14,16). The first kappa shape index (κ1) is 12.5. The topological polar surface area (TPSA) is 101 Å². The smallest absolute Gasteiger partial charge is 0.270 e. The summed E-state index contributed by atoms with van der Waals surface area (Å²) < 4.78 is 0.627. The summed E-state index contributed by atoms with van der Waals surface area (Å²) in [5.41, 5.74) is 0.112. The highest BCUT2D eigenvalue weighted by Gasteiger charge is 2.16. The molecule has 92 valence electrons. The second-order valence-corrected chi connectivity index (χ2v) is 4.48. The van der Waals surface area contributed by atoms with Gasteiger partial charge in [-0.1, -0.05) is 0 Å². The van der Waals surface area contributed by atoms with E-state index >= 15 is 0 Å². The van der Waals surface area contributed by atoms with Crippen LogP contribution in [-0.2, 0) is 0 Å². The van der Waals surface area contributed by atoms with Gasteiger partial charge in [-0.05, 0) is 28.7 Å². The first-order valence-electron chi connectivity index (χ1n) is 4.82. The van der Waals surface area contributed by atoms with Gasteiger partial charge >= 0.3 is 0 Å². The van der Waals surface area contributed by atoms with Gasteiger partial charge in [-0.15, -0.1) is 0 Å². The minimum Gasteiger partial charge on any atom is -0.331 e. The van der Waals surface area contributed by atoms with Crippen molar-refractivity contribution in [3.63, 3.8) is 0 Å². The number of rotatable bonds is 3. The number of aromatic nitrogens is 2. The molecule has 1 amide bonds. The summed E-state index contributed by atoms with van der Waals surface area (Å²) >= 11 is 1.94. The number of nitrogens with zero attached hydrogens (tertiary/aromatic N) is 2. The van der Waals surface area contributed by atoms with Crippen molar-refractivity contribution in [2.24, 2.45) is 0 Å². The SMILES string of the molecule is O=C(Nc1ncc[nH]1)c1cc([N+](=O)[O-])ccc1I. The Morgan fingerprint density at radius 2 is 2.28 bits per heavy atom. The van der Waals surface area contributed by atoms with E-state index in [1.54, 1.807) is 6.20 Å². The van der Waals surface area contributed by atoms with Gasteiger partial charge in [0.25, 0.3) is 11.6 Å². The van der Waals surface area contributed by atoms with Crippen LogP contribution in [0.5, 0.6) is 0 Å². The van der Waals surface area contributed by atoms with Crippen LogP contribution in [0, 0.1) is 13.7 Å². The normalized spacial score (nSPS) is 10.1. The van der Waals surface area contributed by atoms with Crippen molar-refractivity contribution in [1.82, 2.24) is 9.97 Å². The second-order valence-electron chi connectivity index (χ2n) is 3.31. The average Bonchev–Trinajstić information content (AvgIpc) is 2.81. The maximum absolute atomic E-state index is 11.9. The molecule has 0 bridgehead atoms. The zero-order chi connectivity index (χ0) is 13.1.